The van der Waals surface area contributed by atoms with Gasteiger partial charge in [0.25, 0.3) is 11.5 Å². The fourth-order valence-corrected chi connectivity index (χ4v) is 5.27. The zero-order valence-corrected chi connectivity index (χ0v) is 25.4. The van der Waals surface area contributed by atoms with Crippen LogP contribution in [0.3, 0.4) is 0 Å². The van der Waals surface area contributed by atoms with Crippen molar-refractivity contribution in [2.45, 2.75) is 31.9 Å². The number of nitrogens with zero attached hydrogens (tertiary/aromatic N) is 4. The van der Waals surface area contributed by atoms with E-state index >= 15 is 0 Å². The summed E-state index contributed by atoms with van der Waals surface area (Å²) in [4.78, 5) is 53.3. The number of nitrogens with one attached hydrogen (secondary N) is 1. The largest absolute Gasteiger partial charge is 0.494 e. The number of rotatable bonds is 8. The second kappa shape index (κ2) is 15.9. The Morgan fingerprint density at radius 3 is 2.12 bits per heavy atom. The SMILES string of the molecule is COc1c(C(=O)NCCCn2ccnc2)sc2c1c(=O)n(Cc1ccccn1)c1ccccc21.O=C(O)C(F)(F)F.O=C(O)C(F)(F)F. The number of alkyl halides is 6. The molecule has 0 saturated carbocycles. The summed E-state index contributed by atoms with van der Waals surface area (Å²) in [5, 5.41) is 18.5. The third-order valence-corrected chi connectivity index (χ3v) is 7.35. The molecule has 19 heteroatoms. The molecule has 1 aromatic carbocycles. The molecule has 0 spiro atoms. The quantitative estimate of drug-likeness (QED) is 0.150. The van der Waals surface area contributed by atoms with E-state index in [-0.39, 0.29) is 11.5 Å². The van der Waals surface area contributed by atoms with E-state index in [0.717, 1.165) is 34.3 Å². The maximum absolute atomic E-state index is 13.7. The van der Waals surface area contributed by atoms with Gasteiger partial charge in [0.05, 0.1) is 35.9 Å². The number of halogens is 6. The first kappa shape index (κ1) is 37.0. The van der Waals surface area contributed by atoms with E-state index in [1.165, 1.54) is 18.4 Å². The highest BCUT2D eigenvalue weighted by molar-refractivity contribution is 7.22. The van der Waals surface area contributed by atoms with Crippen molar-refractivity contribution in [1.29, 1.82) is 0 Å². The third-order valence-electron chi connectivity index (χ3n) is 6.14. The number of methoxy groups -OCH3 is 1. The number of carbonyl (C=O) groups excluding carboxylic acids is 1. The van der Waals surface area contributed by atoms with E-state index < -0.39 is 24.3 Å². The van der Waals surface area contributed by atoms with Crippen LogP contribution in [0.25, 0.3) is 21.0 Å². The van der Waals surface area contributed by atoms with E-state index in [0.29, 0.717) is 29.1 Å². The highest BCUT2D eigenvalue weighted by atomic mass is 32.1. The van der Waals surface area contributed by atoms with Gasteiger partial charge >= 0.3 is 24.3 Å². The monoisotopic (exact) mass is 701 g/mol. The van der Waals surface area contributed by atoms with Gasteiger partial charge in [0, 0.05) is 37.1 Å². The summed E-state index contributed by atoms with van der Waals surface area (Å²) >= 11 is 1.29. The molecule has 0 fully saturated rings. The average Bonchev–Trinajstić information content (AvgIpc) is 3.70. The Hall–Kier alpha value is -5.46. The number of para-hydroxylation sites is 1. The number of carboxylic acids is 2. The van der Waals surface area contributed by atoms with E-state index in [9.17, 15) is 35.9 Å². The van der Waals surface area contributed by atoms with Crippen LogP contribution in [0.15, 0.2) is 72.2 Å². The predicted molar refractivity (Wildman–Crippen MR) is 160 cm³/mol. The second-order valence-corrected chi connectivity index (χ2v) is 10.4. The molecule has 0 aliphatic heterocycles. The van der Waals surface area contributed by atoms with Crippen molar-refractivity contribution in [3.8, 4) is 5.75 Å². The lowest BCUT2D eigenvalue weighted by atomic mass is 10.1. The first-order valence-corrected chi connectivity index (χ1v) is 14.2. The van der Waals surface area contributed by atoms with Crippen molar-refractivity contribution in [3.63, 3.8) is 0 Å². The Kier molecular flexibility index (Phi) is 12.3. The number of hydrogen-bond donors (Lipinski definition) is 3. The van der Waals surface area contributed by atoms with Crippen LogP contribution in [0.1, 0.15) is 21.8 Å². The van der Waals surface area contributed by atoms with Crippen LogP contribution in [0.5, 0.6) is 5.75 Å². The van der Waals surface area contributed by atoms with Crippen molar-refractivity contribution in [3.05, 3.63) is 88.3 Å². The molecule has 1 amide bonds. The van der Waals surface area contributed by atoms with Crippen LogP contribution in [-0.2, 0) is 22.7 Å². The molecule has 0 aliphatic rings. The topological polar surface area (TPSA) is 166 Å². The molecule has 0 radical (unpaired) electrons. The molecule has 5 aromatic rings. The summed E-state index contributed by atoms with van der Waals surface area (Å²) in [5.41, 5.74) is 1.37. The van der Waals surface area contributed by atoms with Gasteiger partial charge in [0.1, 0.15) is 10.3 Å². The molecular weight excluding hydrogens is 676 g/mol. The number of fused-ring (bicyclic) bond motifs is 3. The van der Waals surface area contributed by atoms with Gasteiger partial charge in [-0.15, -0.1) is 11.3 Å². The van der Waals surface area contributed by atoms with Gasteiger partial charge in [-0.25, -0.2) is 14.6 Å². The normalized spacial score (nSPS) is 11.2. The standard InChI is InChI=1S/C25H23N5O3S.2C2HF3O2/c1-33-21-20-22(34-23(21)24(31)28-11-6-13-29-14-12-26-16-29)18-8-2-3-9-19(18)30(25(20)32)15-17-7-4-5-10-27-17;2*3-2(4,5)1(6)7/h2-5,7-10,12,14,16H,6,11,13,15H2,1H3,(H,28,31);2*(H,6,7). The molecule has 0 bridgehead atoms. The molecular formula is C29H25F6N5O7S. The first-order chi connectivity index (χ1) is 22.6. The number of aliphatic carboxylic acids is 2. The van der Waals surface area contributed by atoms with Crippen molar-refractivity contribution in [1.82, 2.24) is 24.4 Å². The van der Waals surface area contributed by atoms with Crippen molar-refractivity contribution >= 4 is 50.2 Å². The number of amides is 1. The second-order valence-electron chi connectivity index (χ2n) is 9.41. The highest BCUT2D eigenvalue weighted by Crippen LogP contribution is 2.39. The Morgan fingerprint density at radius 2 is 1.58 bits per heavy atom. The number of thiophene rings is 1. The number of carbonyl (C=O) groups is 3. The number of imidazole rings is 1. The van der Waals surface area contributed by atoms with Gasteiger partial charge in [-0.2, -0.15) is 26.3 Å². The van der Waals surface area contributed by atoms with Crippen molar-refractivity contribution in [2.24, 2.45) is 0 Å². The zero-order valence-electron chi connectivity index (χ0n) is 24.6. The molecule has 0 unspecified atom stereocenters. The number of aromatic nitrogens is 4. The molecule has 4 aromatic heterocycles. The van der Waals surface area contributed by atoms with E-state index in [4.69, 9.17) is 24.5 Å². The maximum Gasteiger partial charge on any atom is 0.490 e. The smallest absolute Gasteiger partial charge is 0.490 e. The Bertz CT molecular complexity index is 1900. The van der Waals surface area contributed by atoms with E-state index in [1.54, 1.807) is 23.3 Å². The van der Waals surface area contributed by atoms with Crippen LogP contribution in [0.4, 0.5) is 26.3 Å². The molecule has 0 aliphatic carbocycles. The summed E-state index contributed by atoms with van der Waals surface area (Å²) in [6.07, 6.45) is -2.34. The summed E-state index contributed by atoms with van der Waals surface area (Å²) in [7, 11) is 1.50. The van der Waals surface area contributed by atoms with Crippen LogP contribution in [-0.4, -0.2) is 73.2 Å². The number of carboxylic acid groups (broad SMARTS) is 2. The fraction of sp³-hybridized carbons (Fsp3) is 0.241. The minimum Gasteiger partial charge on any atom is -0.494 e. The lowest BCUT2D eigenvalue weighted by Gasteiger charge is -2.11. The maximum atomic E-state index is 13.7. The number of hydrogen-bond acceptors (Lipinski definition) is 8. The van der Waals surface area contributed by atoms with Gasteiger partial charge in [-0.1, -0.05) is 24.3 Å². The molecule has 0 saturated heterocycles. The highest BCUT2D eigenvalue weighted by Gasteiger charge is 2.39. The summed E-state index contributed by atoms with van der Waals surface area (Å²) < 4.78 is 73.5. The Morgan fingerprint density at radius 1 is 0.958 bits per heavy atom. The minimum atomic E-state index is -5.08. The molecule has 4 heterocycles. The summed E-state index contributed by atoms with van der Waals surface area (Å²) in [6, 6.07) is 13.3. The van der Waals surface area contributed by atoms with Gasteiger partial charge in [-0.05, 0) is 24.6 Å². The van der Waals surface area contributed by atoms with Gasteiger partial charge in [-0.3, -0.25) is 14.6 Å². The predicted octanol–water partition coefficient (Wildman–Crippen LogP) is 4.95. The van der Waals surface area contributed by atoms with Crippen molar-refractivity contribution < 1.29 is 55.7 Å². The number of pyridine rings is 2. The first-order valence-electron chi connectivity index (χ1n) is 13.4. The van der Waals surface area contributed by atoms with E-state index in [2.05, 4.69) is 15.3 Å². The number of ether oxygens (including phenoxy) is 1. The average molecular weight is 702 g/mol. The van der Waals surface area contributed by atoms with Crippen LogP contribution >= 0.6 is 11.3 Å². The molecule has 48 heavy (non-hydrogen) atoms. The molecule has 0 atom stereocenters. The molecule has 3 N–H and O–H groups in total. The molecule has 5 rings (SSSR count). The van der Waals surface area contributed by atoms with E-state index in [1.807, 2.05) is 53.2 Å². The van der Waals surface area contributed by atoms with Crippen LogP contribution in [0.2, 0.25) is 0 Å². The molecule has 256 valence electrons. The van der Waals surface area contributed by atoms with Gasteiger partial charge in [0.15, 0.2) is 5.75 Å². The number of benzene rings is 1. The van der Waals surface area contributed by atoms with Crippen molar-refractivity contribution in [2.75, 3.05) is 13.7 Å². The van der Waals surface area contributed by atoms with Gasteiger partial charge in [0.2, 0.25) is 0 Å². The lowest BCUT2D eigenvalue weighted by molar-refractivity contribution is -0.193. The lowest BCUT2D eigenvalue weighted by Crippen LogP contribution is -2.25. The Labute approximate surface area is 269 Å². The van der Waals surface area contributed by atoms with Crippen LogP contribution < -0.4 is 15.6 Å². The third kappa shape index (κ3) is 9.53. The van der Waals surface area contributed by atoms with Crippen LogP contribution in [0, 0.1) is 0 Å². The molecule has 12 nitrogen and oxygen atoms in total. The summed E-state index contributed by atoms with van der Waals surface area (Å²) in [6.45, 7) is 1.58. The van der Waals surface area contributed by atoms with Gasteiger partial charge < -0.3 is 29.4 Å². The number of aryl methyl sites for hydroxylation is 1. The summed E-state index contributed by atoms with van der Waals surface area (Å²) in [5.74, 6) is -5.44. The Balaban J connectivity index is 0.000000376. The zero-order chi connectivity index (χ0) is 35.6. The minimum absolute atomic E-state index is 0.202. The fourth-order valence-electron chi connectivity index (χ4n) is 4.06.